The van der Waals surface area contributed by atoms with Crippen molar-refractivity contribution in [2.24, 2.45) is 0 Å². The lowest BCUT2D eigenvalue weighted by molar-refractivity contribution is 0.102. The first-order valence-corrected chi connectivity index (χ1v) is 9.87. The van der Waals surface area contributed by atoms with Crippen LogP contribution in [0.1, 0.15) is 10.5 Å². The van der Waals surface area contributed by atoms with E-state index in [0.717, 1.165) is 37.6 Å². The average Bonchev–Trinajstić information content (AvgIpc) is 2.77. The number of rotatable bonds is 4. The van der Waals surface area contributed by atoms with Crippen LogP contribution in [-0.4, -0.2) is 42.2 Å². The van der Waals surface area contributed by atoms with Crippen LogP contribution in [0.3, 0.4) is 0 Å². The Bertz CT molecular complexity index is 1020. The molecule has 0 unspecified atom stereocenters. The van der Waals surface area contributed by atoms with E-state index in [1.807, 2.05) is 24.3 Å². The SMILES string of the molecule is O=C(Nc1ccc(N2CCOCC2)cc1)c1cc(-c2ccc(Cl)c(Cl)c2)ncn1. The Balaban J connectivity index is 1.47. The molecule has 1 saturated heterocycles. The number of morpholine rings is 1. The molecule has 6 nitrogen and oxygen atoms in total. The number of hydrogen-bond donors (Lipinski definition) is 1. The number of amides is 1. The minimum Gasteiger partial charge on any atom is -0.378 e. The van der Waals surface area contributed by atoms with Gasteiger partial charge in [0.05, 0.1) is 29.0 Å². The molecular formula is C21H18Cl2N4O2. The van der Waals surface area contributed by atoms with Crippen molar-refractivity contribution in [1.29, 1.82) is 0 Å². The predicted octanol–water partition coefficient (Wildman–Crippen LogP) is 4.54. The zero-order valence-corrected chi connectivity index (χ0v) is 17.0. The van der Waals surface area contributed by atoms with Gasteiger partial charge in [0.15, 0.2) is 0 Å². The number of anilines is 2. The minimum atomic E-state index is -0.312. The van der Waals surface area contributed by atoms with Crippen LogP contribution in [0.4, 0.5) is 11.4 Å². The van der Waals surface area contributed by atoms with Crippen molar-refractivity contribution in [3.8, 4) is 11.3 Å². The van der Waals surface area contributed by atoms with E-state index >= 15 is 0 Å². The van der Waals surface area contributed by atoms with Gasteiger partial charge in [0.2, 0.25) is 0 Å². The van der Waals surface area contributed by atoms with Gasteiger partial charge in [-0.3, -0.25) is 4.79 Å². The first-order chi connectivity index (χ1) is 14.1. The van der Waals surface area contributed by atoms with Crippen molar-refractivity contribution in [2.75, 3.05) is 36.5 Å². The Morgan fingerprint density at radius 1 is 0.966 bits per heavy atom. The van der Waals surface area contributed by atoms with Crippen molar-refractivity contribution >= 4 is 40.5 Å². The Morgan fingerprint density at radius 3 is 2.45 bits per heavy atom. The van der Waals surface area contributed by atoms with Crippen molar-refractivity contribution < 1.29 is 9.53 Å². The molecule has 0 spiro atoms. The highest BCUT2D eigenvalue weighted by molar-refractivity contribution is 6.42. The fraction of sp³-hybridized carbons (Fsp3) is 0.190. The maximum absolute atomic E-state index is 12.6. The smallest absolute Gasteiger partial charge is 0.274 e. The molecule has 1 amide bonds. The molecule has 29 heavy (non-hydrogen) atoms. The summed E-state index contributed by atoms with van der Waals surface area (Å²) in [5.74, 6) is -0.312. The Hall–Kier alpha value is -2.67. The molecule has 1 aliphatic heterocycles. The van der Waals surface area contributed by atoms with E-state index in [0.29, 0.717) is 21.4 Å². The molecule has 0 aliphatic carbocycles. The second-order valence-electron chi connectivity index (χ2n) is 6.52. The highest BCUT2D eigenvalue weighted by Gasteiger charge is 2.13. The molecule has 1 aliphatic rings. The first kappa shape index (κ1) is 19.6. The maximum atomic E-state index is 12.6. The van der Waals surface area contributed by atoms with Crippen molar-refractivity contribution in [3.63, 3.8) is 0 Å². The summed E-state index contributed by atoms with van der Waals surface area (Å²) < 4.78 is 5.38. The van der Waals surface area contributed by atoms with Gasteiger partial charge in [-0.25, -0.2) is 9.97 Å². The summed E-state index contributed by atoms with van der Waals surface area (Å²) in [6.45, 7) is 3.19. The first-order valence-electron chi connectivity index (χ1n) is 9.12. The van der Waals surface area contributed by atoms with Gasteiger partial charge in [-0.1, -0.05) is 29.3 Å². The highest BCUT2D eigenvalue weighted by atomic mass is 35.5. The molecule has 1 N–H and O–H groups in total. The summed E-state index contributed by atoms with van der Waals surface area (Å²) in [7, 11) is 0. The third kappa shape index (κ3) is 4.67. The van der Waals surface area contributed by atoms with Gasteiger partial charge in [0.25, 0.3) is 5.91 Å². The summed E-state index contributed by atoms with van der Waals surface area (Å²) >= 11 is 12.0. The van der Waals surface area contributed by atoms with Gasteiger partial charge in [-0.15, -0.1) is 0 Å². The topological polar surface area (TPSA) is 67.4 Å². The summed E-state index contributed by atoms with van der Waals surface area (Å²) in [5, 5.41) is 3.75. The van der Waals surface area contributed by atoms with Gasteiger partial charge in [0.1, 0.15) is 12.0 Å². The fourth-order valence-electron chi connectivity index (χ4n) is 3.07. The number of hydrogen-bond acceptors (Lipinski definition) is 5. The van der Waals surface area contributed by atoms with Crippen LogP contribution in [0, 0.1) is 0 Å². The highest BCUT2D eigenvalue weighted by Crippen LogP contribution is 2.27. The second-order valence-corrected chi connectivity index (χ2v) is 7.33. The van der Waals surface area contributed by atoms with Gasteiger partial charge in [0, 0.05) is 30.0 Å². The van der Waals surface area contributed by atoms with Gasteiger partial charge >= 0.3 is 0 Å². The number of ether oxygens (including phenoxy) is 1. The maximum Gasteiger partial charge on any atom is 0.274 e. The zero-order valence-electron chi connectivity index (χ0n) is 15.4. The molecule has 148 valence electrons. The van der Waals surface area contributed by atoms with Gasteiger partial charge in [-0.05, 0) is 42.5 Å². The third-order valence-corrected chi connectivity index (χ3v) is 5.36. The van der Waals surface area contributed by atoms with E-state index < -0.39 is 0 Å². The molecule has 3 aromatic rings. The summed E-state index contributed by atoms with van der Waals surface area (Å²) in [4.78, 5) is 23.2. The molecule has 0 atom stereocenters. The number of halogens is 2. The lowest BCUT2D eigenvalue weighted by Crippen LogP contribution is -2.36. The predicted molar refractivity (Wildman–Crippen MR) is 115 cm³/mol. The molecule has 8 heteroatoms. The summed E-state index contributed by atoms with van der Waals surface area (Å²) in [6, 6.07) is 14.5. The third-order valence-electron chi connectivity index (χ3n) is 4.62. The van der Waals surface area contributed by atoms with Crippen LogP contribution in [-0.2, 0) is 4.74 Å². The monoisotopic (exact) mass is 428 g/mol. The molecule has 0 saturated carbocycles. The van der Waals surface area contributed by atoms with Crippen molar-refractivity contribution in [2.45, 2.75) is 0 Å². The second kappa shape index (κ2) is 8.78. The largest absolute Gasteiger partial charge is 0.378 e. The normalized spacial score (nSPS) is 13.9. The van der Waals surface area contributed by atoms with Crippen LogP contribution < -0.4 is 10.2 Å². The molecule has 1 aromatic heterocycles. The Kier molecular flexibility index (Phi) is 5.94. The minimum absolute atomic E-state index is 0.262. The molecule has 2 aromatic carbocycles. The standard InChI is InChI=1S/C21H18Cl2N4O2/c22-17-6-1-14(11-18(17)23)19-12-20(25-13-24-19)21(28)26-15-2-4-16(5-3-15)27-7-9-29-10-8-27/h1-6,11-13H,7-10H2,(H,26,28). The van der Waals surface area contributed by atoms with Crippen LogP contribution >= 0.6 is 23.2 Å². The molecular weight excluding hydrogens is 411 g/mol. The van der Waals surface area contributed by atoms with Gasteiger partial charge < -0.3 is 15.0 Å². The van der Waals surface area contributed by atoms with Crippen LogP contribution in [0.5, 0.6) is 0 Å². The summed E-state index contributed by atoms with van der Waals surface area (Å²) in [5.41, 5.74) is 3.41. The Labute approximate surface area is 178 Å². The van der Waals surface area contributed by atoms with Crippen LogP contribution in [0.15, 0.2) is 54.9 Å². The molecule has 0 bridgehead atoms. The number of aromatic nitrogens is 2. The van der Waals surface area contributed by atoms with E-state index in [-0.39, 0.29) is 11.6 Å². The van der Waals surface area contributed by atoms with Gasteiger partial charge in [-0.2, -0.15) is 0 Å². The number of carbonyl (C=O) groups is 1. The molecule has 2 heterocycles. The Morgan fingerprint density at radius 2 is 1.72 bits per heavy atom. The fourth-order valence-corrected chi connectivity index (χ4v) is 3.37. The van der Waals surface area contributed by atoms with E-state index in [4.69, 9.17) is 27.9 Å². The zero-order chi connectivity index (χ0) is 20.2. The van der Waals surface area contributed by atoms with Crippen molar-refractivity contribution in [1.82, 2.24) is 9.97 Å². The number of benzene rings is 2. The number of nitrogens with one attached hydrogen (secondary N) is 1. The average molecular weight is 429 g/mol. The lowest BCUT2D eigenvalue weighted by Gasteiger charge is -2.28. The van der Waals surface area contributed by atoms with E-state index in [9.17, 15) is 4.79 Å². The van der Waals surface area contributed by atoms with Crippen molar-refractivity contribution in [3.05, 3.63) is 70.6 Å². The van der Waals surface area contributed by atoms with E-state index in [1.165, 1.54) is 6.33 Å². The van der Waals surface area contributed by atoms with E-state index in [2.05, 4.69) is 20.2 Å². The number of carbonyl (C=O) groups excluding carboxylic acids is 1. The quantitative estimate of drug-likeness (QED) is 0.660. The van der Waals surface area contributed by atoms with Crippen LogP contribution in [0.2, 0.25) is 10.0 Å². The lowest BCUT2D eigenvalue weighted by atomic mass is 10.1. The van der Waals surface area contributed by atoms with E-state index in [1.54, 1.807) is 24.3 Å². The number of nitrogens with zero attached hydrogens (tertiary/aromatic N) is 3. The molecule has 0 radical (unpaired) electrons. The summed E-state index contributed by atoms with van der Waals surface area (Å²) in [6.07, 6.45) is 1.36. The molecule has 4 rings (SSSR count). The van der Waals surface area contributed by atoms with Crippen LogP contribution in [0.25, 0.3) is 11.3 Å². The molecule has 1 fully saturated rings.